The fourth-order valence-corrected chi connectivity index (χ4v) is 10.5. The van der Waals surface area contributed by atoms with Crippen molar-refractivity contribution in [3.05, 3.63) is 181 Å². The molecule has 11 rings (SSSR count). The lowest BCUT2D eigenvalue weighted by Gasteiger charge is -2.14. The Hall–Kier alpha value is -7.14. The summed E-state index contributed by atoms with van der Waals surface area (Å²) in [5.41, 5.74) is 11.1. The third kappa shape index (κ3) is 4.45. The third-order valence-corrected chi connectivity index (χ3v) is 13.2. The van der Waals surface area contributed by atoms with Gasteiger partial charge in [-0.15, -0.1) is 0 Å². The van der Waals surface area contributed by atoms with Crippen molar-refractivity contribution in [3.63, 3.8) is 0 Å². The van der Waals surface area contributed by atoms with Gasteiger partial charge in [-0.05, 0) is 85.6 Å². The number of aromatic nitrogens is 3. The molecule has 0 amide bonds. The number of hydrogen-bond donors (Lipinski definition) is 0. The Morgan fingerprint density at radius 2 is 1.02 bits per heavy atom. The van der Waals surface area contributed by atoms with Gasteiger partial charge in [-0.2, -0.15) is 5.26 Å². The molecule has 3 heterocycles. The SMILES string of the molecule is N#Cc1ccccc1S(=O)(=O)c1ccc(-n2c3ccccc3c3c2c2c4c(n(-c5ccccc5)c2c2c5ccccc5n(-c5ccccc5)c23)CCC=C4)cc1. The van der Waals surface area contributed by atoms with E-state index >= 15 is 0 Å². The van der Waals surface area contributed by atoms with Crippen LogP contribution in [-0.2, 0) is 16.3 Å². The van der Waals surface area contributed by atoms with Crippen LogP contribution in [0.25, 0.3) is 77.7 Å². The smallest absolute Gasteiger partial charge is 0.207 e. The van der Waals surface area contributed by atoms with Crippen LogP contribution in [0.4, 0.5) is 0 Å². The van der Waals surface area contributed by atoms with Gasteiger partial charge < -0.3 is 13.7 Å². The van der Waals surface area contributed by atoms with Gasteiger partial charge in [-0.3, -0.25) is 0 Å². The fraction of sp³-hybridized carbons (Fsp3) is 0.0408. The number of benzene rings is 7. The predicted octanol–water partition coefficient (Wildman–Crippen LogP) is 11.5. The molecular weight excluding hydrogens is 709 g/mol. The second-order valence-electron chi connectivity index (χ2n) is 14.3. The molecule has 0 bridgehead atoms. The zero-order valence-corrected chi connectivity index (χ0v) is 30.9. The second-order valence-corrected chi connectivity index (χ2v) is 16.2. The Morgan fingerprint density at radius 1 is 0.518 bits per heavy atom. The molecule has 0 unspecified atom stereocenters. The van der Waals surface area contributed by atoms with Crippen molar-refractivity contribution in [2.24, 2.45) is 0 Å². The molecule has 3 aromatic heterocycles. The van der Waals surface area contributed by atoms with Crippen LogP contribution in [0.5, 0.6) is 0 Å². The average Bonchev–Trinajstić information content (AvgIpc) is 3.90. The number of para-hydroxylation sites is 4. The van der Waals surface area contributed by atoms with Gasteiger partial charge in [0.1, 0.15) is 6.07 Å². The summed E-state index contributed by atoms with van der Waals surface area (Å²) in [6.07, 6.45) is 6.42. The molecule has 0 saturated heterocycles. The monoisotopic (exact) mass is 740 g/mol. The van der Waals surface area contributed by atoms with Gasteiger partial charge in [0.2, 0.25) is 9.84 Å². The maximum atomic E-state index is 13.9. The fourth-order valence-electron chi connectivity index (χ4n) is 9.07. The largest absolute Gasteiger partial charge is 0.312 e. The second kappa shape index (κ2) is 12.2. The molecule has 0 aliphatic heterocycles. The number of allylic oxidation sites excluding steroid dienone is 1. The summed E-state index contributed by atoms with van der Waals surface area (Å²) in [6, 6.07) is 54.1. The Labute approximate surface area is 322 Å². The highest BCUT2D eigenvalue weighted by atomic mass is 32.2. The first-order valence-electron chi connectivity index (χ1n) is 18.7. The lowest BCUT2D eigenvalue weighted by atomic mass is 9.98. The summed E-state index contributed by atoms with van der Waals surface area (Å²) in [4.78, 5) is 0.141. The number of rotatable bonds is 5. The topological polar surface area (TPSA) is 72.7 Å². The van der Waals surface area contributed by atoms with Crippen LogP contribution in [0.1, 0.15) is 23.2 Å². The average molecular weight is 741 g/mol. The Balaban J connectivity index is 1.35. The molecule has 56 heavy (non-hydrogen) atoms. The van der Waals surface area contributed by atoms with Gasteiger partial charge in [0, 0.05) is 55.3 Å². The van der Waals surface area contributed by atoms with Gasteiger partial charge >= 0.3 is 0 Å². The Morgan fingerprint density at radius 3 is 1.64 bits per heavy atom. The normalized spacial score (nSPS) is 12.9. The highest BCUT2D eigenvalue weighted by Gasteiger charge is 2.31. The number of fused-ring (bicyclic) bond motifs is 12. The molecule has 1 aliphatic carbocycles. The summed E-state index contributed by atoms with van der Waals surface area (Å²) in [6.45, 7) is 0. The van der Waals surface area contributed by atoms with Crippen molar-refractivity contribution in [2.75, 3.05) is 0 Å². The maximum absolute atomic E-state index is 13.9. The molecule has 0 radical (unpaired) electrons. The van der Waals surface area contributed by atoms with Crippen LogP contribution in [-0.4, -0.2) is 22.1 Å². The molecule has 10 aromatic rings. The molecular formula is C49H32N4O2S. The first-order valence-corrected chi connectivity index (χ1v) is 20.2. The zero-order chi connectivity index (χ0) is 37.5. The standard InChI is InChI=1S/C49H32N4O2S/c50-31-32-15-7-14-26-43(32)56(54,55)36-29-27-35(28-30-36)53-42-25-13-10-22-39(42)46-48-44(37-20-8-11-23-40(37)51(48)33-16-3-1-4-17-33)47-45(49(46)53)38-21-9-12-24-41(38)52(47)34-18-5-2-6-19-34/h1-11,13-23,25-30H,12,24H2. The minimum atomic E-state index is -3.95. The Bertz CT molecular complexity index is 3420. The molecule has 0 fully saturated rings. The molecule has 0 spiro atoms. The zero-order valence-electron chi connectivity index (χ0n) is 30.1. The van der Waals surface area contributed by atoms with Crippen LogP contribution in [0.2, 0.25) is 0 Å². The van der Waals surface area contributed by atoms with E-state index in [0.717, 1.165) is 73.6 Å². The summed E-state index contributed by atoms with van der Waals surface area (Å²) in [7, 11) is -3.95. The van der Waals surface area contributed by atoms with Gasteiger partial charge in [0.05, 0.1) is 42.9 Å². The van der Waals surface area contributed by atoms with E-state index in [-0.39, 0.29) is 15.4 Å². The molecule has 0 atom stereocenters. The number of nitriles is 1. The number of sulfone groups is 1. The van der Waals surface area contributed by atoms with Crippen LogP contribution >= 0.6 is 0 Å². The molecule has 0 N–H and O–H groups in total. The van der Waals surface area contributed by atoms with Gasteiger partial charge in [0.15, 0.2) is 0 Å². The lowest BCUT2D eigenvalue weighted by Crippen LogP contribution is -2.05. The summed E-state index contributed by atoms with van der Waals surface area (Å²) in [5.74, 6) is 0. The van der Waals surface area contributed by atoms with E-state index in [1.54, 1.807) is 24.3 Å². The quantitative estimate of drug-likeness (QED) is 0.176. The molecule has 1 aliphatic rings. The van der Waals surface area contributed by atoms with Crippen LogP contribution in [0.15, 0.2) is 174 Å². The highest BCUT2D eigenvalue weighted by Crippen LogP contribution is 2.50. The van der Waals surface area contributed by atoms with Crippen molar-refractivity contribution in [1.29, 1.82) is 5.26 Å². The summed E-state index contributed by atoms with van der Waals surface area (Å²) < 4.78 is 35.1. The van der Waals surface area contributed by atoms with Crippen LogP contribution in [0, 0.1) is 11.3 Å². The number of hydrogen-bond acceptors (Lipinski definition) is 3. The van der Waals surface area contributed by atoms with Crippen LogP contribution in [0.3, 0.4) is 0 Å². The van der Waals surface area contributed by atoms with E-state index in [9.17, 15) is 13.7 Å². The molecule has 0 saturated carbocycles. The minimum Gasteiger partial charge on any atom is -0.312 e. The van der Waals surface area contributed by atoms with E-state index in [1.807, 2.05) is 18.2 Å². The maximum Gasteiger partial charge on any atom is 0.207 e. The van der Waals surface area contributed by atoms with Crippen molar-refractivity contribution in [1.82, 2.24) is 13.7 Å². The van der Waals surface area contributed by atoms with Gasteiger partial charge in [0.25, 0.3) is 0 Å². The summed E-state index contributed by atoms with van der Waals surface area (Å²) >= 11 is 0. The molecule has 266 valence electrons. The predicted molar refractivity (Wildman–Crippen MR) is 226 cm³/mol. The highest BCUT2D eigenvalue weighted by molar-refractivity contribution is 7.91. The van der Waals surface area contributed by atoms with Crippen molar-refractivity contribution < 1.29 is 8.42 Å². The van der Waals surface area contributed by atoms with E-state index < -0.39 is 9.84 Å². The van der Waals surface area contributed by atoms with E-state index in [0.29, 0.717) is 0 Å². The number of nitrogens with zero attached hydrogens (tertiary/aromatic N) is 4. The third-order valence-electron chi connectivity index (χ3n) is 11.3. The summed E-state index contributed by atoms with van der Waals surface area (Å²) in [5, 5.41) is 15.5. The first kappa shape index (κ1) is 32.3. The van der Waals surface area contributed by atoms with E-state index in [1.165, 1.54) is 34.2 Å². The van der Waals surface area contributed by atoms with Crippen molar-refractivity contribution in [3.8, 4) is 23.1 Å². The molecule has 6 nitrogen and oxygen atoms in total. The minimum absolute atomic E-state index is 0.00521. The lowest BCUT2D eigenvalue weighted by molar-refractivity contribution is 0.596. The van der Waals surface area contributed by atoms with Crippen molar-refractivity contribution >= 4 is 70.4 Å². The van der Waals surface area contributed by atoms with Gasteiger partial charge in [-0.25, -0.2) is 8.42 Å². The van der Waals surface area contributed by atoms with Gasteiger partial charge in [-0.1, -0.05) is 97.1 Å². The van der Waals surface area contributed by atoms with Crippen LogP contribution < -0.4 is 0 Å². The Kier molecular flexibility index (Phi) is 7.03. The molecule has 7 heteroatoms. The molecule has 7 aromatic carbocycles. The first-order chi connectivity index (χ1) is 27.6. The van der Waals surface area contributed by atoms with Crippen molar-refractivity contribution in [2.45, 2.75) is 22.6 Å². The van der Waals surface area contributed by atoms with E-state index in [2.05, 4.69) is 135 Å². The van der Waals surface area contributed by atoms with E-state index in [4.69, 9.17) is 0 Å².